The van der Waals surface area contributed by atoms with Crippen molar-refractivity contribution in [3.8, 4) is 6.07 Å². The monoisotopic (exact) mass is 748 g/mol. The van der Waals surface area contributed by atoms with Gasteiger partial charge in [0, 0.05) is 43.5 Å². The van der Waals surface area contributed by atoms with Crippen molar-refractivity contribution in [3.63, 3.8) is 0 Å². The van der Waals surface area contributed by atoms with Crippen LogP contribution in [0.1, 0.15) is 29.5 Å². The van der Waals surface area contributed by atoms with Crippen molar-refractivity contribution in [3.05, 3.63) is 64.5 Å². The van der Waals surface area contributed by atoms with Crippen LogP contribution in [0.2, 0.25) is 0 Å². The average molecular weight is 749 g/mol. The highest BCUT2D eigenvalue weighted by Crippen LogP contribution is 2.51. The van der Waals surface area contributed by atoms with Crippen LogP contribution in [-0.2, 0) is 41.9 Å². The smallest absolute Gasteiger partial charge is 0.390 e. The summed E-state index contributed by atoms with van der Waals surface area (Å²) in [6.07, 6.45) is -13.1. The van der Waals surface area contributed by atoms with E-state index in [9.17, 15) is 53.4 Å². The van der Waals surface area contributed by atoms with E-state index >= 15 is 0 Å². The molecule has 6 heterocycles. The van der Waals surface area contributed by atoms with Gasteiger partial charge in [0.15, 0.2) is 5.69 Å². The lowest BCUT2D eigenvalue weighted by Gasteiger charge is -2.23. The van der Waals surface area contributed by atoms with Gasteiger partial charge in [-0.3, -0.25) is 8.61 Å². The third-order valence-electron chi connectivity index (χ3n) is 10.3. The molecule has 6 aliphatic rings. The molecular formula is C30H26F6N4O8S2. The van der Waals surface area contributed by atoms with Gasteiger partial charge in [0.2, 0.25) is 20.0 Å². The quantitative estimate of drug-likeness (QED) is 0.347. The van der Waals surface area contributed by atoms with E-state index in [4.69, 9.17) is 21.3 Å². The molecule has 6 saturated heterocycles. The second-order valence-corrected chi connectivity index (χ2v) is 17.0. The summed E-state index contributed by atoms with van der Waals surface area (Å²) in [6.45, 7) is 6.87. The summed E-state index contributed by atoms with van der Waals surface area (Å²) < 4.78 is 143. The largest absolute Gasteiger partial charge is 0.417 e. The molecule has 10 atom stereocenters. The van der Waals surface area contributed by atoms with Crippen molar-refractivity contribution in [2.45, 2.75) is 72.3 Å². The fourth-order valence-electron chi connectivity index (χ4n) is 8.13. The van der Waals surface area contributed by atoms with Crippen LogP contribution in [0.3, 0.4) is 0 Å². The summed E-state index contributed by atoms with van der Waals surface area (Å²) >= 11 is 0. The van der Waals surface area contributed by atoms with Crippen LogP contribution in [0.4, 0.5) is 43.4 Å². The molecule has 8 rings (SSSR count). The maximum absolute atomic E-state index is 13.1. The lowest BCUT2D eigenvalue weighted by Crippen LogP contribution is -2.42. The number of benzene rings is 2. The third kappa shape index (κ3) is 5.22. The minimum absolute atomic E-state index is 0.00405. The molecule has 0 radical (unpaired) electrons. The predicted octanol–water partition coefficient (Wildman–Crippen LogP) is 3.17. The molecular weight excluding hydrogens is 722 g/mol. The number of hydrogen-bond acceptors (Lipinski definition) is 9. The van der Waals surface area contributed by atoms with Crippen LogP contribution in [0, 0.1) is 29.7 Å². The molecule has 4 bridgehead atoms. The SMILES string of the molecule is N#Cc1ccc(N2C[C@H]3[C@H]([C@H]4O[C@@H]3C[C@H]4O)S2(=O)=O)cc1C(F)(F)F.[C-]#[N+]c1ccc(N2C[C@@H]3[C@@H]([C@@H]4O[C@H]3C[C@@H]4O)S2(=O)=O)cc1C(F)(F)F. The molecule has 0 aliphatic carbocycles. The fourth-order valence-corrected chi connectivity index (χ4v) is 12.9. The van der Waals surface area contributed by atoms with Gasteiger partial charge in [-0.15, -0.1) is 0 Å². The first-order valence-electron chi connectivity index (χ1n) is 15.2. The number of anilines is 2. The summed E-state index contributed by atoms with van der Waals surface area (Å²) in [4.78, 5) is 2.85. The highest BCUT2D eigenvalue weighted by Gasteiger charge is 2.65. The lowest BCUT2D eigenvalue weighted by atomic mass is 9.87. The normalized spacial score (nSPS) is 35.6. The van der Waals surface area contributed by atoms with Gasteiger partial charge >= 0.3 is 12.4 Å². The van der Waals surface area contributed by atoms with Crippen LogP contribution in [0.25, 0.3) is 4.85 Å². The zero-order valence-electron chi connectivity index (χ0n) is 25.3. The molecule has 50 heavy (non-hydrogen) atoms. The van der Waals surface area contributed by atoms with E-state index in [-0.39, 0.29) is 36.3 Å². The molecule has 0 saturated carbocycles. The van der Waals surface area contributed by atoms with Gasteiger partial charge in [-0.05, 0) is 30.3 Å². The maximum atomic E-state index is 13.1. The van der Waals surface area contributed by atoms with Crippen molar-refractivity contribution in [2.75, 3.05) is 21.7 Å². The van der Waals surface area contributed by atoms with Gasteiger partial charge in [-0.25, -0.2) is 21.7 Å². The number of ether oxygens (including phenoxy) is 2. The summed E-state index contributed by atoms with van der Waals surface area (Å²) in [5.74, 6) is -0.767. The summed E-state index contributed by atoms with van der Waals surface area (Å²) in [7, 11) is -7.92. The number of sulfonamides is 2. The van der Waals surface area contributed by atoms with Gasteiger partial charge in [0.1, 0.15) is 22.7 Å². The molecule has 0 amide bonds. The van der Waals surface area contributed by atoms with E-state index in [0.717, 1.165) is 20.7 Å². The molecule has 12 nitrogen and oxygen atoms in total. The number of alkyl halides is 6. The van der Waals surface area contributed by atoms with Gasteiger partial charge in [-0.1, -0.05) is 6.07 Å². The minimum Gasteiger partial charge on any atom is -0.390 e. The lowest BCUT2D eigenvalue weighted by molar-refractivity contribution is -0.138. The van der Waals surface area contributed by atoms with Crippen molar-refractivity contribution in [2.24, 2.45) is 11.8 Å². The Bertz CT molecular complexity index is 1900. The second kappa shape index (κ2) is 11.4. The number of rotatable bonds is 2. The highest BCUT2D eigenvalue weighted by molar-refractivity contribution is 7.94. The van der Waals surface area contributed by atoms with Gasteiger partial charge in [0.05, 0.1) is 59.4 Å². The molecule has 6 aliphatic heterocycles. The first-order valence-corrected chi connectivity index (χ1v) is 18.2. The Hall–Kier alpha value is -3.66. The Morgan fingerprint density at radius 3 is 1.64 bits per heavy atom. The Labute approximate surface area is 281 Å². The van der Waals surface area contributed by atoms with Gasteiger partial charge in [0.25, 0.3) is 0 Å². The van der Waals surface area contributed by atoms with Crippen LogP contribution < -0.4 is 8.61 Å². The number of nitriles is 1. The van der Waals surface area contributed by atoms with E-state index in [1.807, 2.05) is 0 Å². The van der Waals surface area contributed by atoms with Crippen LogP contribution in [-0.4, -0.2) is 87.3 Å². The first kappa shape index (κ1) is 34.8. The van der Waals surface area contributed by atoms with E-state index in [0.29, 0.717) is 25.0 Å². The molecule has 2 aromatic rings. The number of hydrogen-bond donors (Lipinski definition) is 2. The predicted molar refractivity (Wildman–Crippen MR) is 160 cm³/mol. The van der Waals surface area contributed by atoms with Crippen molar-refractivity contribution >= 4 is 37.1 Å². The van der Waals surface area contributed by atoms with Crippen molar-refractivity contribution in [1.29, 1.82) is 5.26 Å². The summed E-state index contributed by atoms with van der Waals surface area (Å²) in [5.41, 5.74) is -3.72. The molecule has 2 N–H and O–H groups in total. The highest BCUT2D eigenvalue weighted by atomic mass is 32.2. The number of fused-ring (bicyclic) bond motifs is 10. The van der Waals surface area contributed by atoms with Crippen LogP contribution in [0.5, 0.6) is 0 Å². The number of aliphatic hydroxyl groups is 2. The Kier molecular flexibility index (Phi) is 7.94. The average Bonchev–Trinajstić information content (AvgIpc) is 3.86. The molecule has 268 valence electrons. The first-order chi connectivity index (χ1) is 23.3. The molecule has 20 heteroatoms. The molecule has 6 fully saturated rings. The Morgan fingerprint density at radius 1 is 0.780 bits per heavy atom. The summed E-state index contributed by atoms with van der Waals surface area (Å²) in [6, 6.07) is 7.22. The number of halogens is 6. The van der Waals surface area contributed by atoms with Gasteiger partial charge in [-0.2, -0.15) is 31.6 Å². The van der Waals surface area contributed by atoms with Crippen LogP contribution >= 0.6 is 0 Å². The Balaban J connectivity index is 0.000000157. The number of aliphatic hydroxyl groups excluding tert-OH is 2. The van der Waals surface area contributed by atoms with Crippen molar-refractivity contribution in [1.82, 2.24) is 0 Å². The zero-order chi connectivity index (χ0) is 36.3. The molecule has 0 unspecified atom stereocenters. The standard InChI is InChI=1S/2C15H13F3N2O4S/c1-19-10-3-2-7(4-9(10)15(16,17)18)20-6-8-12-5-11(21)13(24-12)14(8)25(20,22)23;16-15(17,18)10-3-8(2-1-7(10)5-19)20-6-9-12-4-11(21)13(24-12)14(9)25(20,22)23/h2-4,8,11-14,21H,5-6H2;1-3,9,11-14,21H,4,6H2/t8-,11-,12-,13+,14-;9-,11-,12-,13+,14-/m01/s1. The Morgan fingerprint density at radius 2 is 1.22 bits per heavy atom. The van der Waals surface area contributed by atoms with Crippen LogP contribution in [0.15, 0.2) is 36.4 Å². The van der Waals surface area contributed by atoms with Crippen molar-refractivity contribution < 1.29 is 62.9 Å². The van der Waals surface area contributed by atoms with E-state index in [2.05, 4.69) is 4.85 Å². The van der Waals surface area contributed by atoms with Gasteiger partial charge < -0.3 is 19.7 Å². The molecule has 0 spiro atoms. The second-order valence-electron chi connectivity index (χ2n) is 12.9. The molecule has 2 aromatic carbocycles. The zero-order valence-corrected chi connectivity index (χ0v) is 26.9. The fraction of sp³-hybridized carbons (Fsp3) is 0.533. The van der Waals surface area contributed by atoms with E-state index in [1.54, 1.807) is 0 Å². The van der Waals surface area contributed by atoms with E-state index in [1.165, 1.54) is 18.2 Å². The minimum atomic E-state index is -4.77. The number of nitrogens with zero attached hydrogens (tertiary/aromatic N) is 4. The van der Waals surface area contributed by atoms with E-state index < -0.39 is 102 Å². The summed E-state index contributed by atoms with van der Waals surface area (Å²) in [5, 5.41) is 26.7. The maximum Gasteiger partial charge on any atom is 0.417 e. The third-order valence-corrected chi connectivity index (χ3v) is 14.8. The molecule has 0 aromatic heterocycles. The topological polar surface area (TPSA) is 162 Å².